The van der Waals surface area contributed by atoms with E-state index in [2.05, 4.69) is 0 Å². The number of benzene rings is 1. The minimum Gasteiger partial charge on any atom is -0.483 e. The number of hydrogen-bond donors (Lipinski definition) is 0. The van der Waals surface area contributed by atoms with Gasteiger partial charge in [-0.25, -0.2) is 4.79 Å². The van der Waals surface area contributed by atoms with E-state index in [4.69, 9.17) is 9.47 Å². The molecule has 0 heterocycles. The maximum atomic E-state index is 12.3. The molecule has 1 aromatic carbocycles. The fourth-order valence-corrected chi connectivity index (χ4v) is 2.71. The number of amides is 1. The molecule has 0 fully saturated rings. The molecular formula is C17H23F3INO3. The molecule has 0 bridgehead atoms. The molecule has 0 saturated heterocycles. The molecule has 1 aromatic rings. The summed E-state index contributed by atoms with van der Waals surface area (Å²) in [6.07, 6.45) is -4.03. The number of carbonyl (C=O) groups is 1. The maximum Gasteiger partial charge on any atom is 0.422 e. The van der Waals surface area contributed by atoms with E-state index < -0.39 is 24.5 Å². The summed E-state index contributed by atoms with van der Waals surface area (Å²) in [6, 6.07) is 4.85. The van der Waals surface area contributed by atoms with Crippen LogP contribution in [0.2, 0.25) is 0 Å². The zero-order valence-corrected chi connectivity index (χ0v) is 16.9. The molecule has 0 aliphatic carbocycles. The van der Waals surface area contributed by atoms with Crippen LogP contribution < -0.4 is 4.74 Å². The van der Waals surface area contributed by atoms with Gasteiger partial charge in [0.2, 0.25) is 0 Å². The highest BCUT2D eigenvalue weighted by atomic mass is 127. The van der Waals surface area contributed by atoms with Gasteiger partial charge in [0.15, 0.2) is 6.61 Å². The number of halogens is 4. The van der Waals surface area contributed by atoms with Crippen LogP contribution in [0.1, 0.15) is 39.7 Å². The van der Waals surface area contributed by atoms with Crippen LogP contribution in [0.4, 0.5) is 18.0 Å². The Morgan fingerprint density at radius 1 is 1.24 bits per heavy atom. The number of rotatable bonds is 6. The van der Waals surface area contributed by atoms with E-state index in [0.29, 0.717) is 16.7 Å². The minimum absolute atomic E-state index is 0.168. The van der Waals surface area contributed by atoms with Crippen molar-refractivity contribution < 1.29 is 27.4 Å². The molecule has 0 atom stereocenters. The van der Waals surface area contributed by atoms with E-state index in [-0.39, 0.29) is 5.75 Å². The smallest absolute Gasteiger partial charge is 0.422 e. The fraction of sp³-hybridized carbons (Fsp3) is 0.588. The molecular weight excluding hydrogens is 450 g/mol. The van der Waals surface area contributed by atoms with Crippen LogP contribution in [0.3, 0.4) is 0 Å². The predicted molar refractivity (Wildman–Crippen MR) is 97.6 cm³/mol. The Kier molecular flexibility index (Phi) is 7.83. The number of ether oxygens (including phenoxy) is 2. The van der Waals surface area contributed by atoms with Crippen LogP contribution in [0, 0.1) is 3.57 Å². The Morgan fingerprint density at radius 3 is 2.36 bits per heavy atom. The lowest BCUT2D eigenvalue weighted by molar-refractivity contribution is -0.153. The van der Waals surface area contributed by atoms with E-state index in [0.717, 1.165) is 12.0 Å². The molecule has 0 aliphatic rings. The van der Waals surface area contributed by atoms with Crippen molar-refractivity contribution in [1.82, 2.24) is 4.90 Å². The van der Waals surface area contributed by atoms with Gasteiger partial charge in [-0.15, -0.1) is 0 Å². The average molecular weight is 473 g/mol. The summed E-state index contributed by atoms with van der Waals surface area (Å²) in [5, 5.41) is 0. The van der Waals surface area contributed by atoms with Gasteiger partial charge in [0.25, 0.3) is 0 Å². The molecule has 0 unspecified atom stereocenters. The van der Waals surface area contributed by atoms with Crippen LogP contribution >= 0.6 is 22.6 Å². The van der Waals surface area contributed by atoms with Crippen molar-refractivity contribution in [2.24, 2.45) is 0 Å². The molecule has 142 valence electrons. The lowest BCUT2D eigenvalue weighted by Crippen LogP contribution is -2.36. The summed E-state index contributed by atoms with van der Waals surface area (Å²) in [5.41, 5.74) is 0.204. The van der Waals surface area contributed by atoms with Crippen LogP contribution in [-0.4, -0.2) is 35.9 Å². The van der Waals surface area contributed by atoms with Gasteiger partial charge in [0, 0.05) is 13.1 Å². The van der Waals surface area contributed by atoms with E-state index in [9.17, 15) is 18.0 Å². The van der Waals surface area contributed by atoms with Crippen LogP contribution in [0.25, 0.3) is 0 Å². The Balaban J connectivity index is 2.81. The van der Waals surface area contributed by atoms with Crippen molar-refractivity contribution >= 4 is 28.7 Å². The molecule has 25 heavy (non-hydrogen) atoms. The summed E-state index contributed by atoms with van der Waals surface area (Å²) in [5.74, 6) is 0.168. The van der Waals surface area contributed by atoms with E-state index in [1.165, 1.54) is 6.07 Å². The first-order valence-electron chi connectivity index (χ1n) is 7.87. The molecule has 0 saturated carbocycles. The second-order valence-corrected chi connectivity index (χ2v) is 7.73. The standard InChI is InChI=1S/C17H23F3INO3/c1-5-8-22(15(23)25-16(2,3)4)10-12-6-7-14(13(21)9-12)24-11-17(18,19)20/h6-7,9H,5,8,10-11H2,1-4H3. The van der Waals surface area contributed by atoms with Gasteiger partial charge in [-0.2, -0.15) is 13.2 Å². The third kappa shape index (κ3) is 8.64. The van der Waals surface area contributed by atoms with Gasteiger partial charge in [-0.05, 0) is 67.5 Å². The van der Waals surface area contributed by atoms with Gasteiger partial charge in [0.05, 0.1) is 3.57 Å². The van der Waals surface area contributed by atoms with Crippen molar-refractivity contribution in [2.45, 2.75) is 52.4 Å². The van der Waals surface area contributed by atoms with Crippen LogP contribution in [-0.2, 0) is 11.3 Å². The van der Waals surface area contributed by atoms with Crippen molar-refractivity contribution in [2.75, 3.05) is 13.2 Å². The zero-order valence-electron chi connectivity index (χ0n) is 14.7. The highest BCUT2D eigenvalue weighted by Crippen LogP contribution is 2.25. The van der Waals surface area contributed by atoms with Gasteiger partial charge in [0.1, 0.15) is 11.4 Å². The van der Waals surface area contributed by atoms with Crippen molar-refractivity contribution in [3.05, 3.63) is 27.3 Å². The lowest BCUT2D eigenvalue weighted by Gasteiger charge is -2.27. The van der Waals surface area contributed by atoms with E-state index in [1.54, 1.807) is 37.8 Å². The SMILES string of the molecule is CCCN(Cc1ccc(OCC(F)(F)F)c(I)c1)C(=O)OC(C)(C)C. The zero-order chi connectivity index (χ0) is 19.3. The second kappa shape index (κ2) is 8.95. The second-order valence-electron chi connectivity index (χ2n) is 6.57. The third-order valence-electron chi connectivity index (χ3n) is 2.91. The molecule has 0 radical (unpaired) electrons. The monoisotopic (exact) mass is 473 g/mol. The van der Waals surface area contributed by atoms with Gasteiger partial charge < -0.3 is 14.4 Å². The molecule has 0 aliphatic heterocycles. The van der Waals surface area contributed by atoms with Crippen LogP contribution in [0.15, 0.2) is 18.2 Å². The van der Waals surface area contributed by atoms with Gasteiger partial charge in [-0.3, -0.25) is 0 Å². The van der Waals surface area contributed by atoms with Crippen molar-refractivity contribution in [1.29, 1.82) is 0 Å². The highest BCUT2D eigenvalue weighted by molar-refractivity contribution is 14.1. The summed E-state index contributed by atoms with van der Waals surface area (Å²) in [7, 11) is 0. The predicted octanol–water partition coefficient (Wildman–Crippen LogP) is 5.38. The largest absolute Gasteiger partial charge is 0.483 e. The molecule has 4 nitrogen and oxygen atoms in total. The number of carbonyl (C=O) groups excluding carboxylic acids is 1. The van der Waals surface area contributed by atoms with Gasteiger partial charge in [-0.1, -0.05) is 13.0 Å². The lowest BCUT2D eigenvalue weighted by atomic mass is 10.2. The molecule has 0 N–H and O–H groups in total. The van der Waals surface area contributed by atoms with Crippen molar-refractivity contribution in [3.8, 4) is 5.75 Å². The topological polar surface area (TPSA) is 38.8 Å². The quantitative estimate of drug-likeness (QED) is 0.521. The maximum absolute atomic E-state index is 12.3. The molecule has 1 rings (SSSR count). The van der Waals surface area contributed by atoms with Gasteiger partial charge >= 0.3 is 12.3 Å². The molecule has 0 spiro atoms. The fourth-order valence-electron chi connectivity index (χ4n) is 1.97. The van der Waals surface area contributed by atoms with Crippen molar-refractivity contribution in [3.63, 3.8) is 0 Å². The summed E-state index contributed by atoms with van der Waals surface area (Å²) in [6.45, 7) is 6.85. The Morgan fingerprint density at radius 2 is 1.88 bits per heavy atom. The average Bonchev–Trinajstić information content (AvgIpc) is 2.43. The Bertz CT molecular complexity index is 585. The third-order valence-corrected chi connectivity index (χ3v) is 3.75. The summed E-state index contributed by atoms with van der Waals surface area (Å²) >= 11 is 1.92. The number of alkyl halides is 3. The first-order valence-corrected chi connectivity index (χ1v) is 8.95. The van der Waals surface area contributed by atoms with E-state index in [1.807, 2.05) is 29.5 Å². The van der Waals surface area contributed by atoms with Crippen LogP contribution in [0.5, 0.6) is 5.75 Å². The molecule has 0 aromatic heterocycles. The first-order chi connectivity index (χ1) is 11.4. The number of nitrogens with zero attached hydrogens (tertiary/aromatic N) is 1. The van der Waals surface area contributed by atoms with E-state index >= 15 is 0 Å². The Labute approximate surface area is 159 Å². The highest BCUT2D eigenvalue weighted by Gasteiger charge is 2.29. The Hall–Kier alpha value is -1.19. The molecule has 1 amide bonds. The summed E-state index contributed by atoms with van der Waals surface area (Å²) < 4.78 is 47.5. The molecule has 8 heteroatoms. The normalized spacial score (nSPS) is 12.0. The minimum atomic E-state index is -4.38. The summed E-state index contributed by atoms with van der Waals surface area (Å²) in [4.78, 5) is 13.8. The first kappa shape index (κ1) is 21.9. The number of hydrogen-bond acceptors (Lipinski definition) is 3.